The molecule has 0 saturated carbocycles. The number of nitrogens with zero attached hydrogens (tertiary/aromatic N) is 3. The number of hydrogen-bond donors (Lipinski definition) is 2. The lowest BCUT2D eigenvalue weighted by Gasteiger charge is -1.99. The molecule has 1 heterocycles. The van der Waals surface area contributed by atoms with Gasteiger partial charge >= 0.3 is 6.09 Å². The predicted molar refractivity (Wildman–Crippen MR) is 57.2 cm³/mol. The minimum absolute atomic E-state index is 0.225. The van der Waals surface area contributed by atoms with E-state index in [-0.39, 0.29) is 5.82 Å². The molecule has 0 spiro atoms. The number of aromatic nitrogens is 3. The SMILES string of the molecule is O=C(O)Nc1cnn(Cc2ccccc2)n1. The molecule has 0 aliphatic rings. The number of amides is 1. The normalized spacial score (nSPS) is 10.0. The lowest BCUT2D eigenvalue weighted by Crippen LogP contribution is -2.09. The Balaban J connectivity index is 2.06. The van der Waals surface area contributed by atoms with Gasteiger partial charge in [-0.1, -0.05) is 30.3 Å². The molecule has 6 heteroatoms. The average molecular weight is 218 g/mol. The minimum atomic E-state index is -1.15. The molecule has 0 atom stereocenters. The third kappa shape index (κ3) is 2.57. The molecule has 16 heavy (non-hydrogen) atoms. The van der Waals surface area contributed by atoms with E-state index in [1.165, 1.54) is 11.0 Å². The molecule has 0 aliphatic heterocycles. The van der Waals surface area contributed by atoms with Crippen LogP contribution in [0.15, 0.2) is 36.5 Å². The first-order valence-corrected chi connectivity index (χ1v) is 4.68. The van der Waals surface area contributed by atoms with E-state index in [1.54, 1.807) is 0 Å². The van der Waals surface area contributed by atoms with Gasteiger partial charge in [-0.2, -0.15) is 9.90 Å². The van der Waals surface area contributed by atoms with E-state index >= 15 is 0 Å². The third-order valence-corrected chi connectivity index (χ3v) is 1.94. The molecule has 0 saturated heterocycles. The summed E-state index contributed by atoms with van der Waals surface area (Å²) in [5, 5.41) is 18.5. The van der Waals surface area contributed by atoms with Crippen LogP contribution in [-0.4, -0.2) is 26.2 Å². The summed E-state index contributed by atoms with van der Waals surface area (Å²) in [5.41, 5.74) is 1.06. The van der Waals surface area contributed by atoms with Crippen molar-refractivity contribution in [1.82, 2.24) is 15.0 Å². The topological polar surface area (TPSA) is 80.0 Å². The van der Waals surface area contributed by atoms with Gasteiger partial charge < -0.3 is 5.11 Å². The third-order valence-electron chi connectivity index (χ3n) is 1.94. The number of hydrogen-bond acceptors (Lipinski definition) is 3. The Morgan fingerprint density at radius 3 is 2.81 bits per heavy atom. The van der Waals surface area contributed by atoms with Crippen molar-refractivity contribution in [3.05, 3.63) is 42.1 Å². The maximum Gasteiger partial charge on any atom is 0.410 e. The van der Waals surface area contributed by atoms with Gasteiger partial charge in [0.25, 0.3) is 0 Å². The second kappa shape index (κ2) is 4.43. The molecule has 82 valence electrons. The highest BCUT2D eigenvalue weighted by Crippen LogP contribution is 2.03. The second-order valence-corrected chi connectivity index (χ2v) is 3.18. The number of benzene rings is 1. The standard InChI is InChI=1S/C10H10N4O2/c15-10(16)12-9-6-11-14(13-9)7-8-4-2-1-3-5-8/h1-6H,7H2,(H,12,13)(H,15,16). The average Bonchev–Trinajstić information content (AvgIpc) is 2.66. The van der Waals surface area contributed by atoms with Crippen molar-refractivity contribution in [1.29, 1.82) is 0 Å². The fraction of sp³-hybridized carbons (Fsp3) is 0.100. The van der Waals surface area contributed by atoms with Gasteiger partial charge in [-0.25, -0.2) is 4.79 Å². The summed E-state index contributed by atoms with van der Waals surface area (Å²) in [6.45, 7) is 0.516. The van der Waals surface area contributed by atoms with Gasteiger partial charge in [0.05, 0.1) is 12.7 Å². The van der Waals surface area contributed by atoms with E-state index in [2.05, 4.69) is 15.5 Å². The van der Waals surface area contributed by atoms with Crippen LogP contribution >= 0.6 is 0 Å². The molecule has 0 fully saturated rings. The van der Waals surface area contributed by atoms with Crippen LogP contribution in [0, 0.1) is 0 Å². The highest BCUT2D eigenvalue weighted by atomic mass is 16.4. The number of carboxylic acid groups (broad SMARTS) is 1. The summed E-state index contributed by atoms with van der Waals surface area (Å²) in [5.74, 6) is 0.225. The van der Waals surface area contributed by atoms with Gasteiger partial charge in [0.1, 0.15) is 0 Å². The van der Waals surface area contributed by atoms with E-state index in [0.29, 0.717) is 6.54 Å². The van der Waals surface area contributed by atoms with E-state index in [1.807, 2.05) is 30.3 Å². The molecule has 6 nitrogen and oxygen atoms in total. The lowest BCUT2D eigenvalue weighted by atomic mass is 10.2. The maximum absolute atomic E-state index is 10.3. The molecular formula is C10H10N4O2. The van der Waals surface area contributed by atoms with Crippen LogP contribution in [0.25, 0.3) is 0 Å². The quantitative estimate of drug-likeness (QED) is 0.816. The Morgan fingerprint density at radius 2 is 2.12 bits per heavy atom. The first kappa shape index (κ1) is 10.2. The second-order valence-electron chi connectivity index (χ2n) is 3.18. The molecule has 0 unspecified atom stereocenters. The van der Waals surface area contributed by atoms with Crippen molar-refractivity contribution in [2.24, 2.45) is 0 Å². The molecule has 2 rings (SSSR count). The van der Waals surface area contributed by atoms with Crippen LogP contribution in [0.3, 0.4) is 0 Å². The van der Waals surface area contributed by atoms with Crippen molar-refractivity contribution in [3.8, 4) is 0 Å². The fourth-order valence-corrected chi connectivity index (χ4v) is 1.29. The first-order valence-electron chi connectivity index (χ1n) is 4.68. The van der Waals surface area contributed by atoms with Gasteiger partial charge in [-0.15, -0.1) is 5.10 Å². The lowest BCUT2D eigenvalue weighted by molar-refractivity contribution is 0.209. The highest BCUT2D eigenvalue weighted by Gasteiger charge is 2.03. The maximum atomic E-state index is 10.3. The molecule has 1 aromatic heterocycles. The molecule has 0 bridgehead atoms. The largest absolute Gasteiger partial charge is 0.465 e. The Hall–Kier alpha value is -2.37. The van der Waals surface area contributed by atoms with Gasteiger partial charge in [0.2, 0.25) is 0 Å². The van der Waals surface area contributed by atoms with E-state index in [0.717, 1.165) is 5.56 Å². The Bertz CT molecular complexity index is 481. The summed E-state index contributed by atoms with van der Waals surface area (Å²) in [6, 6.07) is 9.68. The van der Waals surface area contributed by atoms with E-state index in [9.17, 15) is 4.79 Å². The molecule has 0 aliphatic carbocycles. The molecule has 1 aromatic carbocycles. The van der Waals surface area contributed by atoms with Gasteiger partial charge in [-0.05, 0) is 5.56 Å². The highest BCUT2D eigenvalue weighted by molar-refractivity contribution is 5.80. The zero-order chi connectivity index (χ0) is 11.4. The van der Waals surface area contributed by atoms with Crippen LogP contribution < -0.4 is 5.32 Å². The van der Waals surface area contributed by atoms with Crippen molar-refractivity contribution >= 4 is 11.9 Å². The van der Waals surface area contributed by atoms with Crippen LogP contribution in [0.4, 0.5) is 10.6 Å². The van der Waals surface area contributed by atoms with E-state index in [4.69, 9.17) is 5.11 Å². The molecule has 2 N–H and O–H groups in total. The Labute approximate surface area is 91.5 Å². The molecule has 1 amide bonds. The zero-order valence-corrected chi connectivity index (χ0v) is 8.37. The summed E-state index contributed by atoms with van der Waals surface area (Å²) < 4.78 is 0. The molecule has 2 aromatic rings. The minimum Gasteiger partial charge on any atom is -0.465 e. The van der Waals surface area contributed by atoms with E-state index < -0.39 is 6.09 Å². The Morgan fingerprint density at radius 1 is 1.38 bits per heavy atom. The van der Waals surface area contributed by atoms with Crippen molar-refractivity contribution in [2.45, 2.75) is 6.54 Å². The Kier molecular flexibility index (Phi) is 2.81. The summed E-state index contributed by atoms with van der Waals surface area (Å²) in [6.07, 6.45) is 0.226. The van der Waals surface area contributed by atoms with Gasteiger partial charge in [-0.3, -0.25) is 5.32 Å². The number of anilines is 1. The summed E-state index contributed by atoms with van der Waals surface area (Å²) in [4.78, 5) is 11.8. The van der Waals surface area contributed by atoms with Crippen LogP contribution in [0.2, 0.25) is 0 Å². The fourth-order valence-electron chi connectivity index (χ4n) is 1.29. The summed E-state index contributed by atoms with van der Waals surface area (Å²) >= 11 is 0. The molecular weight excluding hydrogens is 208 g/mol. The summed E-state index contributed by atoms with van der Waals surface area (Å²) in [7, 11) is 0. The zero-order valence-electron chi connectivity index (χ0n) is 8.37. The van der Waals surface area contributed by atoms with Crippen LogP contribution in [0.1, 0.15) is 5.56 Å². The van der Waals surface area contributed by atoms with Crippen molar-refractivity contribution in [2.75, 3.05) is 5.32 Å². The van der Waals surface area contributed by atoms with Crippen LogP contribution in [0.5, 0.6) is 0 Å². The smallest absolute Gasteiger partial charge is 0.410 e. The number of rotatable bonds is 3. The molecule has 0 radical (unpaired) electrons. The monoisotopic (exact) mass is 218 g/mol. The van der Waals surface area contributed by atoms with Gasteiger partial charge in [0, 0.05) is 0 Å². The predicted octanol–water partition coefficient (Wildman–Crippen LogP) is 1.42. The number of carbonyl (C=O) groups is 1. The van der Waals surface area contributed by atoms with Crippen molar-refractivity contribution in [3.63, 3.8) is 0 Å². The van der Waals surface area contributed by atoms with Gasteiger partial charge in [0.15, 0.2) is 5.82 Å². The number of nitrogens with one attached hydrogen (secondary N) is 1. The van der Waals surface area contributed by atoms with Crippen molar-refractivity contribution < 1.29 is 9.90 Å². The van der Waals surface area contributed by atoms with Crippen LogP contribution in [-0.2, 0) is 6.54 Å². The first-order chi connectivity index (χ1) is 7.74.